The minimum atomic E-state index is -0.502. The maximum absolute atomic E-state index is 11.4. The summed E-state index contributed by atoms with van der Waals surface area (Å²) in [7, 11) is 0. The Morgan fingerprint density at radius 1 is 1.50 bits per heavy atom. The summed E-state index contributed by atoms with van der Waals surface area (Å²) < 4.78 is 4.80. The molecule has 0 unspecified atom stereocenters. The Morgan fingerprint density at radius 3 is 2.67 bits per heavy atom. The van der Waals surface area contributed by atoms with Crippen LogP contribution in [0, 0.1) is 17.0 Å². The van der Waals surface area contributed by atoms with Gasteiger partial charge in [0, 0.05) is 17.5 Å². The molecule has 5 nitrogen and oxygen atoms in total. The van der Waals surface area contributed by atoms with E-state index >= 15 is 0 Å². The number of nitro groups is 1. The highest BCUT2D eigenvalue weighted by Gasteiger charge is 2.20. The van der Waals surface area contributed by atoms with Gasteiger partial charge < -0.3 is 4.74 Å². The van der Waals surface area contributed by atoms with Crippen LogP contribution in [0.25, 0.3) is 0 Å². The van der Waals surface area contributed by atoms with E-state index in [1.807, 2.05) is 0 Å². The fourth-order valence-corrected chi connectivity index (χ4v) is 1.85. The highest BCUT2D eigenvalue weighted by molar-refractivity contribution is 6.17. The predicted molar refractivity (Wildman–Crippen MR) is 67.7 cm³/mol. The number of nitro benzene ring substituents is 1. The molecule has 0 aliphatic rings. The molecule has 6 heteroatoms. The third-order valence-corrected chi connectivity index (χ3v) is 2.80. The summed E-state index contributed by atoms with van der Waals surface area (Å²) in [6.45, 7) is 3.67. The number of carbonyl (C=O) groups excluding carboxylic acids is 1. The Kier molecular flexibility index (Phi) is 5.09. The second kappa shape index (κ2) is 6.35. The first kappa shape index (κ1) is 14.4. The van der Waals surface area contributed by atoms with Crippen LogP contribution >= 0.6 is 11.6 Å². The number of rotatable bonds is 5. The first-order valence-corrected chi connectivity index (χ1v) is 6.01. The summed E-state index contributed by atoms with van der Waals surface area (Å²) in [4.78, 5) is 21.9. The van der Waals surface area contributed by atoms with E-state index in [2.05, 4.69) is 0 Å². The number of ether oxygens (including phenoxy) is 1. The molecule has 0 radical (unpaired) electrons. The molecular formula is C12H14ClNO4. The lowest BCUT2D eigenvalue weighted by Gasteiger charge is -2.08. The Labute approximate surface area is 110 Å². The lowest BCUT2D eigenvalue weighted by Crippen LogP contribution is -2.10. The van der Waals surface area contributed by atoms with Crippen molar-refractivity contribution >= 4 is 23.3 Å². The van der Waals surface area contributed by atoms with Crippen molar-refractivity contribution in [1.29, 1.82) is 0 Å². The number of alkyl halides is 1. The van der Waals surface area contributed by atoms with Crippen molar-refractivity contribution in [1.82, 2.24) is 0 Å². The van der Waals surface area contributed by atoms with Crippen LogP contribution in [0.2, 0.25) is 0 Å². The molecule has 1 rings (SSSR count). The molecule has 0 N–H and O–H groups in total. The van der Waals surface area contributed by atoms with Gasteiger partial charge >= 0.3 is 5.97 Å². The van der Waals surface area contributed by atoms with E-state index in [9.17, 15) is 14.9 Å². The van der Waals surface area contributed by atoms with E-state index in [0.717, 1.165) is 0 Å². The zero-order valence-corrected chi connectivity index (χ0v) is 11.0. The summed E-state index contributed by atoms with van der Waals surface area (Å²) in [5.74, 6) is -0.274. The first-order valence-electron chi connectivity index (χ1n) is 5.48. The fraction of sp³-hybridized carbons (Fsp3) is 0.417. The maximum atomic E-state index is 11.4. The molecule has 0 saturated heterocycles. The molecule has 0 heterocycles. The first-order chi connectivity index (χ1) is 8.49. The normalized spacial score (nSPS) is 10.2. The van der Waals surface area contributed by atoms with Gasteiger partial charge in [-0.25, -0.2) is 0 Å². The van der Waals surface area contributed by atoms with Crippen LogP contribution in [-0.4, -0.2) is 17.5 Å². The molecule has 0 spiro atoms. The van der Waals surface area contributed by atoms with Crippen molar-refractivity contribution in [3.8, 4) is 0 Å². The molecule has 0 amide bonds. The number of benzene rings is 1. The van der Waals surface area contributed by atoms with Crippen molar-refractivity contribution in [3.05, 3.63) is 38.9 Å². The number of hydrogen-bond donors (Lipinski definition) is 0. The fourth-order valence-electron chi connectivity index (χ4n) is 1.70. The second-order valence-electron chi connectivity index (χ2n) is 3.78. The average Bonchev–Trinajstić information content (AvgIpc) is 2.31. The number of carbonyl (C=O) groups is 1. The summed E-state index contributed by atoms with van der Waals surface area (Å²) in [6.07, 6.45) is -0.0987. The lowest BCUT2D eigenvalue weighted by molar-refractivity contribution is -0.385. The van der Waals surface area contributed by atoms with Crippen LogP contribution in [0.3, 0.4) is 0 Å². The zero-order chi connectivity index (χ0) is 13.7. The third-order valence-electron chi connectivity index (χ3n) is 2.49. The summed E-state index contributed by atoms with van der Waals surface area (Å²) >= 11 is 5.67. The van der Waals surface area contributed by atoms with Crippen LogP contribution in [0.1, 0.15) is 23.6 Å². The van der Waals surface area contributed by atoms with E-state index < -0.39 is 10.9 Å². The number of halogens is 1. The standard InChI is InChI=1S/C12H14ClNO4/c1-3-18-12(15)6-10-8(2)4-9(7-13)5-11(10)14(16)17/h4-5H,3,6-7H2,1-2H3. The van der Waals surface area contributed by atoms with Crippen molar-refractivity contribution in [2.45, 2.75) is 26.1 Å². The van der Waals surface area contributed by atoms with E-state index in [-0.39, 0.29) is 24.6 Å². The van der Waals surface area contributed by atoms with Gasteiger partial charge in [-0.1, -0.05) is 6.07 Å². The van der Waals surface area contributed by atoms with Gasteiger partial charge in [0.2, 0.25) is 0 Å². The number of aryl methyl sites for hydroxylation is 1. The Morgan fingerprint density at radius 2 is 2.17 bits per heavy atom. The van der Waals surface area contributed by atoms with Gasteiger partial charge in [-0.15, -0.1) is 11.6 Å². The van der Waals surface area contributed by atoms with Gasteiger partial charge in [0.05, 0.1) is 18.0 Å². The molecule has 18 heavy (non-hydrogen) atoms. The average molecular weight is 272 g/mol. The highest BCUT2D eigenvalue weighted by atomic mass is 35.5. The third kappa shape index (κ3) is 3.43. The SMILES string of the molecule is CCOC(=O)Cc1c(C)cc(CCl)cc1[N+](=O)[O-]. The second-order valence-corrected chi connectivity index (χ2v) is 4.05. The van der Waals surface area contributed by atoms with E-state index in [1.54, 1.807) is 19.9 Å². The Hall–Kier alpha value is -1.62. The van der Waals surface area contributed by atoms with E-state index in [1.165, 1.54) is 6.07 Å². The zero-order valence-electron chi connectivity index (χ0n) is 10.2. The molecule has 1 aromatic carbocycles. The van der Waals surface area contributed by atoms with Crippen molar-refractivity contribution in [3.63, 3.8) is 0 Å². The topological polar surface area (TPSA) is 69.4 Å². The van der Waals surface area contributed by atoms with Gasteiger partial charge in [-0.2, -0.15) is 0 Å². The van der Waals surface area contributed by atoms with Gasteiger partial charge in [0.25, 0.3) is 5.69 Å². The highest BCUT2D eigenvalue weighted by Crippen LogP contribution is 2.26. The van der Waals surface area contributed by atoms with Crippen LogP contribution < -0.4 is 0 Å². The number of nitrogens with zero attached hydrogens (tertiary/aromatic N) is 1. The maximum Gasteiger partial charge on any atom is 0.310 e. The molecule has 1 aromatic rings. The van der Waals surface area contributed by atoms with E-state index in [0.29, 0.717) is 16.7 Å². The monoisotopic (exact) mass is 271 g/mol. The quantitative estimate of drug-likeness (QED) is 0.357. The van der Waals surface area contributed by atoms with Gasteiger partial charge in [-0.05, 0) is 25.0 Å². The molecule has 0 atom stereocenters. The molecule has 0 aliphatic heterocycles. The van der Waals surface area contributed by atoms with Gasteiger partial charge in [0.1, 0.15) is 0 Å². The molecule has 98 valence electrons. The largest absolute Gasteiger partial charge is 0.466 e. The lowest BCUT2D eigenvalue weighted by atomic mass is 10.0. The molecule has 0 bridgehead atoms. The summed E-state index contributed by atoms with van der Waals surface area (Å²) in [5.41, 5.74) is 1.63. The number of esters is 1. The van der Waals surface area contributed by atoms with Crippen LogP contribution in [-0.2, 0) is 21.8 Å². The summed E-state index contributed by atoms with van der Waals surface area (Å²) in [6, 6.07) is 3.14. The van der Waals surface area contributed by atoms with Gasteiger partial charge in [0.15, 0.2) is 0 Å². The predicted octanol–water partition coefficient (Wildman–Crippen LogP) is 2.75. The smallest absolute Gasteiger partial charge is 0.310 e. The minimum Gasteiger partial charge on any atom is -0.466 e. The van der Waals surface area contributed by atoms with Crippen LogP contribution in [0.15, 0.2) is 12.1 Å². The minimum absolute atomic E-state index is 0.0845. The van der Waals surface area contributed by atoms with Crippen molar-refractivity contribution < 1.29 is 14.5 Å². The van der Waals surface area contributed by atoms with Gasteiger partial charge in [-0.3, -0.25) is 14.9 Å². The van der Waals surface area contributed by atoms with Crippen LogP contribution in [0.4, 0.5) is 5.69 Å². The van der Waals surface area contributed by atoms with E-state index in [4.69, 9.17) is 16.3 Å². The van der Waals surface area contributed by atoms with Crippen molar-refractivity contribution in [2.24, 2.45) is 0 Å². The molecule has 0 aromatic heterocycles. The Bertz CT molecular complexity index is 473. The molecule has 0 aliphatic carbocycles. The summed E-state index contributed by atoms with van der Waals surface area (Å²) in [5, 5.41) is 11.0. The van der Waals surface area contributed by atoms with Crippen molar-refractivity contribution in [2.75, 3.05) is 6.61 Å². The molecule has 0 fully saturated rings. The Balaban J connectivity index is 3.16. The number of hydrogen-bond acceptors (Lipinski definition) is 4. The van der Waals surface area contributed by atoms with Crippen LogP contribution in [0.5, 0.6) is 0 Å². The molecular weight excluding hydrogens is 258 g/mol. The molecule has 0 saturated carbocycles.